The maximum Gasteiger partial charge on any atom is 0.108 e. The molecule has 0 aromatic rings. The highest BCUT2D eigenvalue weighted by atomic mass is 16.5. The Kier molecular flexibility index (Phi) is 5.78. The molecular weight excluding hydrogens is 424 g/mol. The number of aliphatic hydroxyl groups is 3. The van der Waals surface area contributed by atoms with E-state index in [-0.39, 0.29) is 33.7 Å². The van der Waals surface area contributed by atoms with Gasteiger partial charge in [-0.25, -0.2) is 0 Å². The van der Waals surface area contributed by atoms with Crippen LogP contribution in [-0.4, -0.2) is 45.8 Å². The predicted molar refractivity (Wildman–Crippen MR) is 135 cm³/mol. The summed E-state index contributed by atoms with van der Waals surface area (Å²) >= 11 is 0. The van der Waals surface area contributed by atoms with Gasteiger partial charge in [0.1, 0.15) is 6.10 Å². The maximum absolute atomic E-state index is 10.8. The largest absolute Gasteiger partial charge is 0.393 e. The number of hydrogen-bond donors (Lipinski definition) is 3. The molecule has 0 amide bonds. The number of allylic oxidation sites excluding steroid dienone is 2. The highest BCUT2D eigenvalue weighted by Crippen LogP contribution is 2.73. The van der Waals surface area contributed by atoms with Crippen LogP contribution >= 0.6 is 0 Å². The smallest absolute Gasteiger partial charge is 0.108 e. The number of ether oxygens (including phenoxy) is 1. The molecule has 5 rings (SSSR count). The molecule has 4 nitrogen and oxygen atoms in total. The molecule has 1 saturated heterocycles. The lowest BCUT2D eigenvalue weighted by Gasteiger charge is -2.64. The molecule has 194 valence electrons. The van der Waals surface area contributed by atoms with Crippen molar-refractivity contribution in [3.8, 4) is 0 Å². The van der Waals surface area contributed by atoms with Gasteiger partial charge in [-0.3, -0.25) is 0 Å². The zero-order valence-electron chi connectivity index (χ0n) is 22.7. The van der Waals surface area contributed by atoms with Crippen molar-refractivity contribution in [2.45, 2.75) is 124 Å². The lowest BCUT2D eigenvalue weighted by Crippen LogP contribution is -2.58. The Morgan fingerprint density at radius 3 is 2.29 bits per heavy atom. The maximum atomic E-state index is 10.8. The van der Waals surface area contributed by atoms with Gasteiger partial charge in [0.2, 0.25) is 0 Å². The van der Waals surface area contributed by atoms with Crippen LogP contribution in [0.3, 0.4) is 0 Å². The molecule has 0 radical (unpaired) electrons. The number of aliphatic hydroxyl groups excluding tert-OH is 3. The topological polar surface area (TPSA) is 69.9 Å². The summed E-state index contributed by atoms with van der Waals surface area (Å²) in [6.07, 6.45) is 9.49. The van der Waals surface area contributed by atoms with Gasteiger partial charge in [-0.2, -0.15) is 0 Å². The third-order valence-electron chi connectivity index (χ3n) is 12.7. The van der Waals surface area contributed by atoms with Crippen LogP contribution in [0.1, 0.15) is 99.8 Å². The lowest BCUT2D eigenvalue weighted by molar-refractivity contribution is -0.134. The minimum atomic E-state index is -0.836. The number of rotatable bonds is 1. The van der Waals surface area contributed by atoms with Crippen molar-refractivity contribution in [1.82, 2.24) is 0 Å². The fraction of sp³-hybridized carbons (Fsp3) is 0.933. The average molecular weight is 475 g/mol. The van der Waals surface area contributed by atoms with E-state index in [0.717, 1.165) is 19.3 Å². The molecule has 1 aliphatic heterocycles. The van der Waals surface area contributed by atoms with Crippen LogP contribution < -0.4 is 0 Å². The summed E-state index contributed by atoms with van der Waals surface area (Å²) < 4.78 is 6.23. The molecule has 0 spiro atoms. The summed E-state index contributed by atoms with van der Waals surface area (Å²) in [5.74, 6) is 1.94. The number of fused-ring (bicyclic) bond motifs is 5. The first-order valence-corrected chi connectivity index (χ1v) is 14.1. The van der Waals surface area contributed by atoms with E-state index >= 15 is 0 Å². The normalized spacial score (nSPS) is 54.3. The van der Waals surface area contributed by atoms with E-state index in [2.05, 4.69) is 40.7 Å². The van der Waals surface area contributed by atoms with Gasteiger partial charge in [0.25, 0.3) is 0 Å². The Morgan fingerprint density at radius 1 is 0.882 bits per heavy atom. The third kappa shape index (κ3) is 3.23. The summed E-state index contributed by atoms with van der Waals surface area (Å²) in [7, 11) is 0. The van der Waals surface area contributed by atoms with Gasteiger partial charge in [0.05, 0.1) is 24.4 Å². The van der Waals surface area contributed by atoms with Crippen LogP contribution in [0.2, 0.25) is 0 Å². The first-order valence-electron chi connectivity index (χ1n) is 14.1. The van der Waals surface area contributed by atoms with Crippen molar-refractivity contribution < 1.29 is 20.1 Å². The second-order valence-corrected chi connectivity index (χ2v) is 14.7. The van der Waals surface area contributed by atoms with Crippen molar-refractivity contribution in [3.05, 3.63) is 11.6 Å². The van der Waals surface area contributed by atoms with Gasteiger partial charge in [-0.1, -0.05) is 46.3 Å². The lowest BCUT2D eigenvalue weighted by atomic mass is 9.41. The van der Waals surface area contributed by atoms with E-state index in [1.807, 2.05) is 13.8 Å². The Bertz CT molecular complexity index is 847. The Morgan fingerprint density at radius 2 is 1.59 bits per heavy atom. The molecule has 4 aliphatic carbocycles. The molecule has 0 unspecified atom stereocenters. The second-order valence-electron chi connectivity index (χ2n) is 14.7. The van der Waals surface area contributed by atoms with Crippen molar-refractivity contribution >= 4 is 0 Å². The molecule has 5 aliphatic rings. The molecule has 0 aromatic carbocycles. The molecule has 1 heterocycles. The SMILES string of the molecule is CC1(C)OC[C@H]([C@@H]2CC[C@]3(C)C4=CC[C@H]5C(C)(C)[C@H](O)CC[C@]5(C)[C@@H]4CC[C@@]23C)C[C@H](O)[C@@H]1O. The zero-order chi connectivity index (χ0) is 24.9. The van der Waals surface area contributed by atoms with Crippen LogP contribution in [0, 0.1) is 45.3 Å². The van der Waals surface area contributed by atoms with Crippen molar-refractivity contribution in [3.63, 3.8) is 0 Å². The quantitative estimate of drug-likeness (QED) is 0.440. The fourth-order valence-electron chi connectivity index (χ4n) is 10.2. The highest BCUT2D eigenvalue weighted by Gasteiger charge is 2.65. The van der Waals surface area contributed by atoms with Gasteiger partial charge in [0.15, 0.2) is 0 Å². The van der Waals surface area contributed by atoms with Crippen molar-refractivity contribution in [2.24, 2.45) is 45.3 Å². The summed E-state index contributed by atoms with van der Waals surface area (Å²) in [5, 5.41) is 32.3. The van der Waals surface area contributed by atoms with Gasteiger partial charge in [0, 0.05) is 0 Å². The summed E-state index contributed by atoms with van der Waals surface area (Å²) in [5.41, 5.74) is 1.62. The highest BCUT2D eigenvalue weighted by molar-refractivity contribution is 5.33. The Hall–Kier alpha value is -0.420. The molecular formula is C30H50O4. The van der Waals surface area contributed by atoms with Crippen LogP contribution in [0.25, 0.3) is 0 Å². The summed E-state index contributed by atoms with van der Waals surface area (Å²) in [4.78, 5) is 0. The summed E-state index contributed by atoms with van der Waals surface area (Å²) in [6.45, 7) is 16.7. The minimum Gasteiger partial charge on any atom is -0.393 e. The molecule has 0 bridgehead atoms. The predicted octanol–water partition coefficient (Wildman–Crippen LogP) is 5.49. The van der Waals surface area contributed by atoms with Crippen LogP contribution in [-0.2, 0) is 4.74 Å². The summed E-state index contributed by atoms with van der Waals surface area (Å²) in [6, 6.07) is 0. The molecule has 3 N–H and O–H groups in total. The van der Waals surface area contributed by atoms with Crippen molar-refractivity contribution in [2.75, 3.05) is 6.61 Å². The van der Waals surface area contributed by atoms with Crippen LogP contribution in [0.15, 0.2) is 11.6 Å². The fourth-order valence-corrected chi connectivity index (χ4v) is 10.2. The van der Waals surface area contributed by atoms with E-state index < -0.39 is 17.8 Å². The van der Waals surface area contributed by atoms with E-state index in [1.165, 1.54) is 25.7 Å². The standard InChI is InChI=1S/C30H50O4/c1-26(2)23-9-8-21-20(28(23,5)13-12-24(26)32)11-15-29(6)19(10-14-30(21,29)7)18-16-22(31)25(33)27(3,4)34-17-18/h8,18-20,22-25,31-33H,9-17H2,1-7H3/t18-,19+,20-,22+,23+,24-,25+,28-,29+,30-/m1/s1. The molecule has 3 saturated carbocycles. The Labute approximate surface area is 207 Å². The van der Waals surface area contributed by atoms with Gasteiger partial charge >= 0.3 is 0 Å². The van der Waals surface area contributed by atoms with E-state index in [9.17, 15) is 15.3 Å². The third-order valence-corrected chi connectivity index (χ3v) is 12.7. The molecule has 4 heteroatoms. The van der Waals surface area contributed by atoms with Crippen LogP contribution in [0.4, 0.5) is 0 Å². The Balaban J connectivity index is 1.46. The van der Waals surface area contributed by atoms with Gasteiger partial charge < -0.3 is 20.1 Å². The van der Waals surface area contributed by atoms with Gasteiger partial charge in [-0.15, -0.1) is 0 Å². The molecule has 4 fully saturated rings. The molecule has 0 aromatic heterocycles. The number of hydrogen-bond acceptors (Lipinski definition) is 4. The second kappa shape index (κ2) is 7.79. The molecule has 34 heavy (non-hydrogen) atoms. The molecule has 10 atom stereocenters. The monoisotopic (exact) mass is 474 g/mol. The zero-order valence-corrected chi connectivity index (χ0v) is 22.7. The van der Waals surface area contributed by atoms with E-state index in [0.29, 0.717) is 30.8 Å². The first-order chi connectivity index (χ1) is 15.7. The van der Waals surface area contributed by atoms with Gasteiger partial charge in [-0.05, 0) is 111 Å². The van der Waals surface area contributed by atoms with E-state index in [1.54, 1.807) is 5.57 Å². The minimum absolute atomic E-state index is 0.0314. The van der Waals surface area contributed by atoms with Crippen LogP contribution in [0.5, 0.6) is 0 Å². The first kappa shape index (κ1) is 25.2. The van der Waals surface area contributed by atoms with E-state index in [4.69, 9.17) is 4.74 Å². The average Bonchev–Trinajstić information content (AvgIpc) is 2.99. The van der Waals surface area contributed by atoms with Crippen molar-refractivity contribution in [1.29, 1.82) is 0 Å².